The van der Waals surface area contributed by atoms with Crippen LogP contribution in [0.15, 0.2) is 96.0 Å². The van der Waals surface area contributed by atoms with Gasteiger partial charge in [0.2, 0.25) is 0 Å². The molecule has 1 aliphatic carbocycles. The van der Waals surface area contributed by atoms with Crippen LogP contribution in [0.2, 0.25) is 0 Å². The van der Waals surface area contributed by atoms with E-state index in [1.165, 1.54) is 50.1 Å². The quantitative estimate of drug-likeness (QED) is 0.321. The summed E-state index contributed by atoms with van der Waals surface area (Å²) in [4.78, 5) is 4.02. The van der Waals surface area contributed by atoms with Gasteiger partial charge < -0.3 is 0 Å². The number of fused-ring (bicyclic) bond motifs is 3. The fourth-order valence-electron chi connectivity index (χ4n) is 4.76. The molecule has 0 fully saturated rings. The Labute approximate surface area is 178 Å². The fraction of sp³-hybridized carbons (Fsp3) is 0.138. The molecular formula is C29H25N. The molecule has 0 heterocycles. The SMILES string of the molecule is C=NCc1cccc(-c2cccc(-c3ccc4c(c3)-c3ccccc3C4(C)C)c2)c1. The molecule has 4 aromatic carbocycles. The summed E-state index contributed by atoms with van der Waals surface area (Å²) in [6, 6.07) is 33.1. The summed E-state index contributed by atoms with van der Waals surface area (Å²) in [5, 5.41) is 0. The van der Waals surface area contributed by atoms with E-state index in [0.29, 0.717) is 6.54 Å². The van der Waals surface area contributed by atoms with Crippen LogP contribution in [0.4, 0.5) is 0 Å². The molecule has 5 rings (SSSR count). The van der Waals surface area contributed by atoms with E-state index in [0.717, 1.165) is 0 Å². The molecule has 0 saturated heterocycles. The second-order valence-electron chi connectivity index (χ2n) is 8.59. The Morgan fingerprint density at radius 2 is 1.27 bits per heavy atom. The van der Waals surface area contributed by atoms with Crippen LogP contribution >= 0.6 is 0 Å². The number of benzene rings is 4. The van der Waals surface area contributed by atoms with Crippen molar-refractivity contribution in [1.29, 1.82) is 0 Å². The number of nitrogens with zero attached hydrogens (tertiary/aromatic N) is 1. The first-order chi connectivity index (χ1) is 14.6. The smallest absolute Gasteiger partial charge is 0.0632 e. The van der Waals surface area contributed by atoms with Gasteiger partial charge in [0.15, 0.2) is 0 Å². The van der Waals surface area contributed by atoms with Gasteiger partial charge in [0.25, 0.3) is 0 Å². The van der Waals surface area contributed by atoms with Gasteiger partial charge in [0.1, 0.15) is 0 Å². The van der Waals surface area contributed by atoms with Crippen molar-refractivity contribution in [1.82, 2.24) is 0 Å². The van der Waals surface area contributed by atoms with Gasteiger partial charge >= 0.3 is 0 Å². The topological polar surface area (TPSA) is 12.4 Å². The fourth-order valence-corrected chi connectivity index (χ4v) is 4.76. The highest BCUT2D eigenvalue weighted by Crippen LogP contribution is 2.49. The van der Waals surface area contributed by atoms with Gasteiger partial charge in [-0.3, -0.25) is 4.99 Å². The third-order valence-corrected chi connectivity index (χ3v) is 6.33. The van der Waals surface area contributed by atoms with Crippen LogP contribution in [0.25, 0.3) is 33.4 Å². The Morgan fingerprint density at radius 1 is 0.633 bits per heavy atom. The Morgan fingerprint density at radius 3 is 2.03 bits per heavy atom. The third kappa shape index (κ3) is 2.98. The van der Waals surface area contributed by atoms with Crippen LogP contribution in [0.1, 0.15) is 30.5 Å². The van der Waals surface area contributed by atoms with Crippen LogP contribution in [0, 0.1) is 0 Å². The van der Waals surface area contributed by atoms with Gasteiger partial charge in [-0.15, -0.1) is 0 Å². The van der Waals surface area contributed by atoms with Crippen LogP contribution in [0.5, 0.6) is 0 Å². The number of hydrogen-bond donors (Lipinski definition) is 0. The molecule has 0 saturated carbocycles. The molecule has 30 heavy (non-hydrogen) atoms. The monoisotopic (exact) mass is 387 g/mol. The van der Waals surface area contributed by atoms with Crippen LogP contribution in [0.3, 0.4) is 0 Å². The Bertz CT molecular complexity index is 1260. The first kappa shape index (κ1) is 18.6. The van der Waals surface area contributed by atoms with E-state index in [9.17, 15) is 0 Å². The van der Waals surface area contributed by atoms with Crippen LogP contribution in [-0.4, -0.2) is 6.72 Å². The van der Waals surface area contributed by atoms with Crippen molar-refractivity contribution in [3.8, 4) is 33.4 Å². The van der Waals surface area contributed by atoms with Crippen molar-refractivity contribution >= 4 is 6.72 Å². The zero-order valence-electron chi connectivity index (χ0n) is 17.5. The molecule has 1 aliphatic rings. The minimum atomic E-state index is 0.0476. The zero-order chi connectivity index (χ0) is 20.7. The Kier molecular flexibility index (Phi) is 4.40. The summed E-state index contributed by atoms with van der Waals surface area (Å²) in [6.45, 7) is 8.91. The van der Waals surface area contributed by atoms with Crippen LogP contribution < -0.4 is 0 Å². The predicted molar refractivity (Wildman–Crippen MR) is 128 cm³/mol. The number of hydrogen-bond acceptors (Lipinski definition) is 1. The van der Waals surface area contributed by atoms with Gasteiger partial charge in [0, 0.05) is 5.41 Å². The van der Waals surface area contributed by atoms with Gasteiger partial charge in [-0.05, 0) is 75.0 Å². The van der Waals surface area contributed by atoms with E-state index in [1.807, 2.05) is 0 Å². The van der Waals surface area contributed by atoms with Crippen molar-refractivity contribution in [2.45, 2.75) is 25.8 Å². The molecule has 0 unspecified atom stereocenters. The standard InChI is InChI=1S/C29H25N/c1-29(2)27-13-5-4-12-25(27)26-18-24(14-15-28(26)29)23-11-7-10-22(17-23)21-9-6-8-20(16-21)19-30-3/h4-18H,3,19H2,1-2H3. The second-order valence-corrected chi connectivity index (χ2v) is 8.59. The maximum atomic E-state index is 4.02. The van der Waals surface area contributed by atoms with Crippen LogP contribution in [-0.2, 0) is 12.0 Å². The molecule has 1 nitrogen and oxygen atoms in total. The van der Waals surface area contributed by atoms with Gasteiger partial charge in [-0.25, -0.2) is 0 Å². The molecular weight excluding hydrogens is 362 g/mol. The van der Waals surface area contributed by atoms with Crippen molar-refractivity contribution < 1.29 is 0 Å². The summed E-state index contributed by atoms with van der Waals surface area (Å²) in [6.07, 6.45) is 0. The minimum absolute atomic E-state index is 0.0476. The molecule has 0 bridgehead atoms. The van der Waals surface area contributed by atoms with E-state index < -0.39 is 0 Å². The molecule has 4 aromatic rings. The van der Waals surface area contributed by atoms with Crippen molar-refractivity contribution in [2.75, 3.05) is 0 Å². The number of aliphatic imine (C=N–C) groups is 1. The lowest BCUT2D eigenvalue weighted by atomic mass is 9.82. The van der Waals surface area contributed by atoms with Crippen molar-refractivity contribution in [3.63, 3.8) is 0 Å². The summed E-state index contributed by atoms with van der Waals surface area (Å²) in [7, 11) is 0. The lowest BCUT2D eigenvalue weighted by molar-refractivity contribution is 0.660. The molecule has 0 atom stereocenters. The molecule has 0 spiro atoms. The molecule has 1 heteroatoms. The summed E-state index contributed by atoms with van der Waals surface area (Å²) in [5.74, 6) is 0. The van der Waals surface area contributed by atoms with E-state index in [-0.39, 0.29) is 5.41 Å². The first-order valence-corrected chi connectivity index (χ1v) is 10.4. The molecule has 0 amide bonds. The highest BCUT2D eigenvalue weighted by atomic mass is 14.7. The average Bonchev–Trinajstić information content (AvgIpc) is 3.01. The minimum Gasteiger partial charge on any atom is -0.296 e. The highest BCUT2D eigenvalue weighted by molar-refractivity contribution is 5.85. The summed E-state index contributed by atoms with van der Waals surface area (Å²) >= 11 is 0. The normalized spacial score (nSPS) is 13.5. The molecule has 0 aliphatic heterocycles. The van der Waals surface area contributed by atoms with E-state index >= 15 is 0 Å². The van der Waals surface area contributed by atoms with E-state index in [1.54, 1.807) is 0 Å². The highest BCUT2D eigenvalue weighted by Gasteiger charge is 2.34. The van der Waals surface area contributed by atoms with Crippen molar-refractivity contribution in [3.05, 3.63) is 108 Å². The third-order valence-electron chi connectivity index (χ3n) is 6.33. The predicted octanol–water partition coefficient (Wildman–Crippen LogP) is 7.53. The molecule has 146 valence electrons. The Balaban J connectivity index is 1.58. The summed E-state index contributed by atoms with van der Waals surface area (Å²) in [5.41, 5.74) is 11.7. The molecule has 0 N–H and O–H groups in total. The zero-order valence-corrected chi connectivity index (χ0v) is 17.5. The second kappa shape index (κ2) is 7.11. The average molecular weight is 388 g/mol. The van der Waals surface area contributed by atoms with Gasteiger partial charge in [-0.1, -0.05) is 86.6 Å². The largest absolute Gasteiger partial charge is 0.296 e. The maximum absolute atomic E-state index is 4.02. The summed E-state index contributed by atoms with van der Waals surface area (Å²) < 4.78 is 0. The maximum Gasteiger partial charge on any atom is 0.0632 e. The lowest BCUT2D eigenvalue weighted by Crippen LogP contribution is -2.14. The molecule has 0 radical (unpaired) electrons. The lowest BCUT2D eigenvalue weighted by Gasteiger charge is -2.21. The van der Waals surface area contributed by atoms with E-state index in [4.69, 9.17) is 0 Å². The van der Waals surface area contributed by atoms with Gasteiger partial charge in [-0.2, -0.15) is 0 Å². The molecule has 0 aromatic heterocycles. The van der Waals surface area contributed by atoms with Gasteiger partial charge in [0.05, 0.1) is 6.54 Å². The number of rotatable bonds is 4. The first-order valence-electron chi connectivity index (χ1n) is 10.4. The van der Waals surface area contributed by atoms with Crippen molar-refractivity contribution in [2.24, 2.45) is 4.99 Å². The van der Waals surface area contributed by atoms with E-state index in [2.05, 4.69) is 117 Å². The Hall–Kier alpha value is -3.45.